The van der Waals surface area contributed by atoms with Crippen LogP contribution in [0.3, 0.4) is 0 Å². The first-order chi connectivity index (χ1) is 8.67. The fraction of sp³-hybridized carbons (Fsp3) is 0.929. The van der Waals surface area contributed by atoms with E-state index in [1.165, 1.54) is 0 Å². The van der Waals surface area contributed by atoms with Crippen LogP contribution in [-0.2, 0) is 19.0 Å². The van der Waals surface area contributed by atoms with Crippen molar-refractivity contribution in [1.82, 2.24) is 0 Å². The highest BCUT2D eigenvalue weighted by Crippen LogP contribution is 2.27. The highest BCUT2D eigenvalue weighted by molar-refractivity contribution is 5.72. The lowest BCUT2D eigenvalue weighted by Crippen LogP contribution is -2.30. The molecule has 0 amide bonds. The Hall–Kier alpha value is -0.610. The Labute approximate surface area is 110 Å². The van der Waals surface area contributed by atoms with Gasteiger partial charge in [-0.2, -0.15) is 0 Å². The molecule has 1 unspecified atom stereocenters. The normalized spacial score (nSPS) is 25.7. The second-order valence-corrected chi connectivity index (χ2v) is 4.83. The summed E-state index contributed by atoms with van der Waals surface area (Å²) in [5.41, 5.74) is 0. The quantitative estimate of drug-likeness (QED) is 0.658. The van der Waals surface area contributed by atoms with E-state index in [9.17, 15) is 4.79 Å². The molecule has 1 atom stereocenters. The van der Waals surface area contributed by atoms with Gasteiger partial charge in [0.1, 0.15) is 0 Å². The van der Waals surface area contributed by atoms with Crippen molar-refractivity contribution in [2.75, 3.05) is 19.8 Å². The molecule has 1 saturated carbocycles. The van der Waals surface area contributed by atoms with Crippen LogP contribution in [0.25, 0.3) is 0 Å². The molecule has 1 aliphatic rings. The van der Waals surface area contributed by atoms with Gasteiger partial charge < -0.3 is 14.2 Å². The molecule has 0 radical (unpaired) electrons. The molecular weight excluding hydrogens is 232 g/mol. The van der Waals surface area contributed by atoms with Crippen LogP contribution in [0.4, 0.5) is 0 Å². The number of hydrogen-bond acceptors (Lipinski definition) is 4. The van der Waals surface area contributed by atoms with Crippen LogP contribution in [-0.4, -0.2) is 38.0 Å². The SMILES string of the molecule is CCOCC(C)OC1CCC(C(=O)OCC)CC1. The maximum atomic E-state index is 11.6. The number of ether oxygens (including phenoxy) is 3. The first kappa shape index (κ1) is 15.4. The zero-order chi connectivity index (χ0) is 13.4. The minimum Gasteiger partial charge on any atom is -0.466 e. The predicted molar refractivity (Wildman–Crippen MR) is 69.4 cm³/mol. The van der Waals surface area contributed by atoms with Gasteiger partial charge in [-0.3, -0.25) is 4.79 Å². The lowest BCUT2D eigenvalue weighted by atomic mass is 9.87. The van der Waals surface area contributed by atoms with E-state index in [2.05, 4.69) is 0 Å². The minimum atomic E-state index is -0.0432. The number of carbonyl (C=O) groups excluding carboxylic acids is 1. The van der Waals surface area contributed by atoms with E-state index in [1.54, 1.807) is 0 Å². The zero-order valence-electron chi connectivity index (χ0n) is 11.8. The van der Waals surface area contributed by atoms with E-state index < -0.39 is 0 Å². The van der Waals surface area contributed by atoms with E-state index in [-0.39, 0.29) is 24.1 Å². The molecule has 18 heavy (non-hydrogen) atoms. The van der Waals surface area contributed by atoms with Gasteiger partial charge in [0.2, 0.25) is 0 Å². The van der Waals surface area contributed by atoms with Gasteiger partial charge in [-0.05, 0) is 46.5 Å². The largest absolute Gasteiger partial charge is 0.466 e. The molecule has 0 aromatic heterocycles. The summed E-state index contributed by atoms with van der Waals surface area (Å²) in [6.07, 6.45) is 4.05. The number of rotatable bonds is 7. The Bertz CT molecular complexity index is 234. The van der Waals surface area contributed by atoms with Gasteiger partial charge >= 0.3 is 5.97 Å². The van der Waals surface area contributed by atoms with Crippen LogP contribution in [0.1, 0.15) is 46.5 Å². The van der Waals surface area contributed by atoms with Gasteiger partial charge in [-0.15, -0.1) is 0 Å². The zero-order valence-corrected chi connectivity index (χ0v) is 11.8. The van der Waals surface area contributed by atoms with Crippen LogP contribution in [0.2, 0.25) is 0 Å². The van der Waals surface area contributed by atoms with E-state index in [0.717, 1.165) is 32.3 Å². The molecule has 0 N–H and O–H groups in total. The predicted octanol–water partition coefficient (Wildman–Crippen LogP) is 2.55. The van der Waals surface area contributed by atoms with Gasteiger partial charge in [-0.1, -0.05) is 0 Å². The van der Waals surface area contributed by atoms with Crippen LogP contribution in [0, 0.1) is 5.92 Å². The summed E-state index contributed by atoms with van der Waals surface area (Å²) >= 11 is 0. The average Bonchev–Trinajstić information content (AvgIpc) is 2.37. The van der Waals surface area contributed by atoms with Gasteiger partial charge in [0, 0.05) is 6.61 Å². The van der Waals surface area contributed by atoms with Gasteiger partial charge in [0.25, 0.3) is 0 Å². The van der Waals surface area contributed by atoms with Crippen molar-refractivity contribution in [3.8, 4) is 0 Å². The second-order valence-electron chi connectivity index (χ2n) is 4.83. The van der Waals surface area contributed by atoms with Crippen molar-refractivity contribution in [1.29, 1.82) is 0 Å². The van der Waals surface area contributed by atoms with Crippen LogP contribution >= 0.6 is 0 Å². The Balaban J connectivity index is 2.20. The summed E-state index contributed by atoms with van der Waals surface area (Å²) in [4.78, 5) is 11.6. The number of hydrogen-bond donors (Lipinski definition) is 0. The molecule has 1 fully saturated rings. The first-order valence-corrected chi connectivity index (χ1v) is 7.07. The van der Waals surface area contributed by atoms with Crippen LogP contribution in [0.15, 0.2) is 0 Å². The Morgan fingerprint density at radius 2 is 1.83 bits per heavy atom. The number of carbonyl (C=O) groups is 1. The molecule has 0 spiro atoms. The second kappa shape index (κ2) is 8.48. The maximum absolute atomic E-state index is 11.6. The standard InChI is InChI=1S/C14H26O4/c1-4-16-10-11(3)18-13-8-6-12(7-9-13)14(15)17-5-2/h11-13H,4-10H2,1-3H3. The third kappa shape index (κ3) is 5.36. The smallest absolute Gasteiger partial charge is 0.308 e. The van der Waals surface area contributed by atoms with E-state index >= 15 is 0 Å². The Kier molecular flexibility index (Phi) is 7.28. The summed E-state index contributed by atoms with van der Waals surface area (Å²) in [6.45, 7) is 7.71. The molecule has 0 bridgehead atoms. The lowest BCUT2D eigenvalue weighted by molar-refractivity contribution is -0.150. The highest BCUT2D eigenvalue weighted by atomic mass is 16.5. The van der Waals surface area contributed by atoms with Crippen molar-refractivity contribution < 1.29 is 19.0 Å². The van der Waals surface area contributed by atoms with Crippen molar-refractivity contribution in [2.45, 2.75) is 58.7 Å². The molecule has 106 valence electrons. The molecule has 0 aromatic carbocycles. The fourth-order valence-corrected chi connectivity index (χ4v) is 2.35. The van der Waals surface area contributed by atoms with E-state index in [0.29, 0.717) is 13.2 Å². The monoisotopic (exact) mass is 258 g/mol. The summed E-state index contributed by atoms with van der Waals surface area (Å²) in [6, 6.07) is 0. The van der Waals surface area contributed by atoms with Gasteiger partial charge in [-0.25, -0.2) is 0 Å². The molecule has 0 aliphatic heterocycles. The topological polar surface area (TPSA) is 44.8 Å². The molecular formula is C14H26O4. The molecule has 0 saturated heterocycles. The molecule has 0 aromatic rings. The van der Waals surface area contributed by atoms with Crippen LogP contribution in [0.5, 0.6) is 0 Å². The molecule has 1 rings (SSSR count). The van der Waals surface area contributed by atoms with Crippen molar-refractivity contribution >= 4 is 5.97 Å². The summed E-state index contributed by atoms with van der Waals surface area (Å²) in [5.74, 6) is 0.0327. The van der Waals surface area contributed by atoms with Crippen molar-refractivity contribution in [3.63, 3.8) is 0 Å². The molecule has 0 heterocycles. The van der Waals surface area contributed by atoms with Gasteiger partial charge in [0.05, 0.1) is 31.3 Å². The Morgan fingerprint density at radius 3 is 2.39 bits per heavy atom. The van der Waals surface area contributed by atoms with Crippen molar-refractivity contribution in [3.05, 3.63) is 0 Å². The fourth-order valence-electron chi connectivity index (χ4n) is 2.35. The first-order valence-electron chi connectivity index (χ1n) is 7.07. The minimum absolute atomic E-state index is 0.0432. The molecule has 4 heteroatoms. The molecule has 1 aliphatic carbocycles. The average molecular weight is 258 g/mol. The summed E-state index contributed by atoms with van der Waals surface area (Å²) in [5, 5.41) is 0. The Morgan fingerprint density at radius 1 is 1.17 bits per heavy atom. The van der Waals surface area contributed by atoms with E-state index in [1.807, 2.05) is 20.8 Å². The summed E-state index contributed by atoms with van der Waals surface area (Å²) < 4.78 is 16.3. The van der Waals surface area contributed by atoms with Crippen LogP contribution < -0.4 is 0 Å². The highest BCUT2D eigenvalue weighted by Gasteiger charge is 2.28. The van der Waals surface area contributed by atoms with E-state index in [4.69, 9.17) is 14.2 Å². The van der Waals surface area contributed by atoms with Crippen molar-refractivity contribution in [2.24, 2.45) is 5.92 Å². The summed E-state index contributed by atoms with van der Waals surface area (Å²) in [7, 11) is 0. The maximum Gasteiger partial charge on any atom is 0.308 e. The number of esters is 1. The lowest BCUT2D eigenvalue weighted by Gasteiger charge is -2.29. The molecule has 4 nitrogen and oxygen atoms in total. The van der Waals surface area contributed by atoms with Gasteiger partial charge in [0.15, 0.2) is 0 Å². The third-order valence-corrected chi connectivity index (χ3v) is 3.28. The third-order valence-electron chi connectivity index (χ3n) is 3.28.